The SMILES string of the molecule is CC(C)N([C@H]1CCC2=Cc3c(cnn3-c3ccc(F)cc3)C[C@]2(C(=O)C2C=C(Cl)C=CN2)C1)S(=O)(=O)c1ccn(C)n1. The van der Waals surface area contributed by atoms with Gasteiger partial charge in [-0.2, -0.15) is 14.5 Å². The molecule has 1 aromatic carbocycles. The fraction of sp³-hybridized carbons (Fsp3) is 0.367. The van der Waals surface area contributed by atoms with Crippen molar-refractivity contribution in [2.45, 2.75) is 62.7 Å². The molecule has 1 fully saturated rings. The molecule has 3 aliphatic rings. The fourth-order valence-electron chi connectivity index (χ4n) is 6.59. The number of Topliss-reactive ketones (excluding diaryl/α,β-unsaturated/α-hetero) is 1. The van der Waals surface area contributed by atoms with Crippen LogP contribution >= 0.6 is 11.6 Å². The van der Waals surface area contributed by atoms with E-state index in [0.29, 0.717) is 36.4 Å². The number of ketones is 1. The number of rotatable bonds is 7. The van der Waals surface area contributed by atoms with Crippen LogP contribution in [0, 0.1) is 11.2 Å². The van der Waals surface area contributed by atoms with Crippen molar-refractivity contribution in [1.82, 2.24) is 29.2 Å². The minimum Gasteiger partial charge on any atom is -0.378 e. The number of halogens is 2. The molecule has 9 nitrogen and oxygen atoms in total. The van der Waals surface area contributed by atoms with E-state index in [9.17, 15) is 17.6 Å². The van der Waals surface area contributed by atoms with Crippen LogP contribution in [0.1, 0.15) is 44.4 Å². The topological polar surface area (TPSA) is 102 Å². The molecule has 42 heavy (non-hydrogen) atoms. The Kier molecular flexibility index (Phi) is 7.23. The number of allylic oxidation sites excluding steroid dienone is 3. The number of carbonyl (C=O) groups is 1. The highest BCUT2D eigenvalue weighted by Crippen LogP contribution is 2.51. The summed E-state index contributed by atoms with van der Waals surface area (Å²) in [6.07, 6.45) is 12.1. The summed E-state index contributed by atoms with van der Waals surface area (Å²) in [5, 5.41) is 12.4. The van der Waals surface area contributed by atoms with Crippen molar-refractivity contribution in [3.8, 4) is 5.69 Å². The van der Waals surface area contributed by atoms with Crippen molar-refractivity contribution in [2.75, 3.05) is 0 Å². The summed E-state index contributed by atoms with van der Waals surface area (Å²) < 4.78 is 46.2. The van der Waals surface area contributed by atoms with Crippen LogP contribution in [-0.2, 0) is 28.3 Å². The Hall–Kier alpha value is -3.54. The van der Waals surface area contributed by atoms with E-state index in [2.05, 4.69) is 15.5 Å². The van der Waals surface area contributed by atoms with E-state index < -0.39 is 27.5 Å². The third-order valence-electron chi connectivity index (χ3n) is 8.40. The number of benzene rings is 1. The van der Waals surface area contributed by atoms with Gasteiger partial charge in [-0.25, -0.2) is 17.5 Å². The van der Waals surface area contributed by atoms with Gasteiger partial charge in [-0.1, -0.05) is 17.2 Å². The average Bonchev–Trinajstić information content (AvgIpc) is 3.57. The number of hydrogen-bond acceptors (Lipinski definition) is 6. The van der Waals surface area contributed by atoms with Crippen LogP contribution in [0.5, 0.6) is 0 Å². The van der Waals surface area contributed by atoms with Gasteiger partial charge in [-0.15, -0.1) is 0 Å². The molecule has 0 spiro atoms. The maximum Gasteiger partial charge on any atom is 0.262 e. The van der Waals surface area contributed by atoms with Gasteiger partial charge in [0, 0.05) is 30.4 Å². The van der Waals surface area contributed by atoms with Gasteiger partial charge in [0.1, 0.15) is 11.9 Å². The van der Waals surface area contributed by atoms with Gasteiger partial charge in [0.15, 0.2) is 10.8 Å². The molecular weight excluding hydrogens is 579 g/mol. The molecule has 6 rings (SSSR count). The highest BCUT2D eigenvalue weighted by Gasteiger charge is 2.53. The first-order chi connectivity index (χ1) is 20.0. The van der Waals surface area contributed by atoms with Gasteiger partial charge in [0.25, 0.3) is 10.0 Å². The summed E-state index contributed by atoms with van der Waals surface area (Å²) in [4.78, 5) is 14.5. The van der Waals surface area contributed by atoms with Crippen molar-refractivity contribution in [2.24, 2.45) is 12.5 Å². The van der Waals surface area contributed by atoms with Crippen LogP contribution in [-0.4, -0.2) is 56.2 Å². The summed E-state index contributed by atoms with van der Waals surface area (Å²) >= 11 is 6.31. The van der Waals surface area contributed by atoms with Crippen molar-refractivity contribution >= 4 is 33.5 Å². The lowest BCUT2D eigenvalue weighted by molar-refractivity contribution is -0.129. The van der Waals surface area contributed by atoms with Crippen LogP contribution in [0.25, 0.3) is 11.8 Å². The van der Waals surface area contributed by atoms with Gasteiger partial charge in [-0.3, -0.25) is 9.48 Å². The molecule has 220 valence electrons. The lowest BCUT2D eigenvalue weighted by Gasteiger charge is -2.48. The summed E-state index contributed by atoms with van der Waals surface area (Å²) in [6, 6.07) is 6.15. The minimum atomic E-state index is -3.94. The van der Waals surface area contributed by atoms with Crippen molar-refractivity contribution in [3.63, 3.8) is 0 Å². The molecule has 1 saturated carbocycles. The van der Waals surface area contributed by atoms with E-state index in [1.807, 2.05) is 19.9 Å². The molecule has 3 atom stereocenters. The Balaban J connectivity index is 1.43. The number of sulfonamides is 1. The smallest absolute Gasteiger partial charge is 0.262 e. The highest BCUT2D eigenvalue weighted by molar-refractivity contribution is 7.89. The Morgan fingerprint density at radius 1 is 1.24 bits per heavy atom. The second kappa shape index (κ2) is 10.6. The molecule has 0 saturated heterocycles. The Morgan fingerprint density at radius 2 is 2.00 bits per heavy atom. The lowest BCUT2D eigenvalue weighted by Crippen LogP contribution is -2.55. The van der Waals surface area contributed by atoms with Gasteiger partial charge < -0.3 is 5.32 Å². The lowest BCUT2D eigenvalue weighted by atomic mass is 9.59. The van der Waals surface area contributed by atoms with Crippen LogP contribution in [0.15, 0.2) is 76.7 Å². The van der Waals surface area contributed by atoms with E-state index in [-0.39, 0.29) is 22.7 Å². The molecule has 1 unspecified atom stereocenters. The molecule has 0 bridgehead atoms. The number of hydrogen-bond donors (Lipinski definition) is 1. The molecule has 2 aromatic heterocycles. The standard InChI is InChI=1S/C30H32ClFN6O3S/c1-19(2)38(42(40,41)28-11-13-36(3)35-28)25-7-4-21-14-27-20(18-34-37(27)24-8-5-23(32)6-9-24)16-30(21,17-25)29(39)26-15-22(31)10-12-33-26/h5-6,8-15,18-19,25-26,33H,4,7,16-17H2,1-3H3/t25-,26?,30-/m0/s1. The molecule has 3 heterocycles. The first-order valence-corrected chi connectivity index (χ1v) is 15.7. The van der Waals surface area contributed by atoms with Crippen LogP contribution in [0.3, 0.4) is 0 Å². The van der Waals surface area contributed by atoms with Crippen LogP contribution < -0.4 is 5.32 Å². The van der Waals surface area contributed by atoms with E-state index in [1.165, 1.54) is 27.2 Å². The van der Waals surface area contributed by atoms with Gasteiger partial charge in [-0.05, 0) is 99.9 Å². The molecule has 2 aliphatic carbocycles. The summed E-state index contributed by atoms with van der Waals surface area (Å²) in [6.45, 7) is 3.70. The second-order valence-corrected chi connectivity index (χ2v) is 13.6. The monoisotopic (exact) mass is 610 g/mol. The third kappa shape index (κ3) is 4.83. The number of fused-ring (bicyclic) bond motifs is 2. The van der Waals surface area contributed by atoms with Gasteiger partial charge in [0.05, 0.1) is 23.0 Å². The Bertz CT molecular complexity index is 1740. The number of aryl methyl sites for hydroxylation is 1. The summed E-state index contributed by atoms with van der Waals surface area (Å²) in [5.74, 6) is -0.405. The van der Waals surface area contributed by atoms with E-state index >= 15 is 0 Å². The predicted octanol–water partition coefficient (Wildman–Crippen LogP) is 4.50. The summed E-state index contributed by atoms with van der Waals surface area (Å²) in [7, 11) is -2.25. The minimum absolute atomic E-state index is 0.0132. The maximum atomic E-state index is 14.5. The van der Waals surface area contributed by atoms with Crippen LogP contribution in [0.4, 0.5) is 4.39 Å². The van der Waals surface area contributed by atoms with Gasteiger partial charge in [0.2, 0.25) is 0 Å². The van der Waals surface area contributed by atoms with E-state index in [4.69, 9.17) is 11.6 Å². The summed E-state index contributed by atoms with van der Waals surface area (Å²) in [5.41, 5.74) is 2.35. The fourth-order valence-corrected chi connectivity index (χ4v) is 8.59. The van der Waals surface area contributed by atoms with E-state index in [1.54, 1.807) is 54.6 Å². The predicted molar refractivity (Wildman–Crippen MR) is 158 cm³/mol. The molecule has 12 heteroatoms. The molecular formula is C30H32ClFN6O3S. The van der Waals surface area contributed by atoms with Crippen molar-refractivity contribution in [1.29, 1.82) is 0 Å². The number of dihydropyridines is 1. The van der Waals surface area contributed by atoms with Gasteiger partial charge >= 0.3 is 0 Å². The average molecular weight is 611 g/mol. The number of nitrogens with zero attached hydrogens (tertiary/aromatic N) is 5. The first kappa shape index (κ1) is 28.6. The molecule has 1 N–H and O–H groups in total. The zero-order chi connectivity index (χ0) is 29.8. The normalized spacial score (nSPS) is 23.7. The van der Waals surface area contributed by atoms with Crippen molar-refractivity contribution < 1.29 is 17.6 Å². The number of nitrogens with one attached hydrogen (secondary N) is 1. The second-order valence-electron chi connectivity index (χ2n) is 11.4. The Labute approximate surface area is 249 Å². The van der Waals surface area contributed by atoms with Crippen molar-refractivity contribution in [3.05, 3.63) is 88.8 Å². The largest absolute Gasteiger partial charge is 0.378 e. The molecule has 0 amide bonds. The van der Waals surface area contributed by atoms with E-state index in [0.717, 1.165) is 16.8 Å². The molecule has 1 aliphatic heterocycles. The maximum absolute atomic E-state index is 14.5. The molecule has 0 radical (unpaired) electrons. The molecule has 3 aromatic rings. The third-order valence-corrected chi connectivity index (χ3v) is 10.7. The highest BCUT2D eigenvalue weighted by atomic mass is 35.5. The van der Waals surface area contributed by atoms with Crippen LogP contribution in [0.2, 0.25) is 0 Å². The quantitative estimate of drug-likeness (QED) is 0.423. The zero-order valence-corrected chi connectivity index (χ0v) is 25.1. The first-order valence-electron chi connectivity index (χ1n) is 13.9. The Morgan fingerprint density at radius 3 is 2.67 bits per heavy atom. The zero-order valence-electron chi connectivity index (χ0n) is 23.5. The number of carbonyl (C=O) groups excluding carboxylic acids is 1. The number of aromatic nitrogens is 4.